The molecule has 0 N–H and O–H groups in total. The summed E-state index contributed by atoms with van der Waals surface area (Å²) in [6.07, 6.45) is 1.50. The first kappa shape index (κ1) is 11.6. The second-order valence-electron chi connectivity index (χ2n) is 4.10. The van der Waals surface area contributed by atoms with Gasteiger partial charge < -0.3 is 4.74 Å². The van der Waals surface area contributed by atoms with Gasteiger partial charge in [0.05, 0.1) is 7.11 Å². The Morgan fingerprint density at radius 2 is 1.82 bits per heavy atom. The lowest BCUT2D eigenvalue weighted by atomic mass is 10.0. The van der Waals surface area contributed by atoms with Gasteiger partial charge in [0.15, 0.2) is 5.78 Å². The van der Waals surface area contributed by atoms with Crippen LogP contribution in [0.25, 0.3) is 10.8 Å². The molecule has 0 saturated heterocycles. The Bertz CT molecular complexity index is 544. The van der Waals surface area contributed by atoms with E-state index in [-0.39, 0.29) is 5.78 Å². The smallest absolute Gasteiger partial charge is 0.162 e. The molecule has 0 spiro atoms. The summed E-state index contributed by atoms with van der Waals surface area (Å²) in [7, 11) is 1.65. The number of carbonyl (C=O) groups is 1. The zero-order valence-electron chi connectivity index (χ0n) is 10.2. The zero-order chi connectivity index (χ0) is 12.3. The van der Waals surface area contributed by atoms with Gasteiger partial charge in [-0.05, 0) is 35.4 Å². The normalized spacial score (nSPS) is 10.5. The summed E-state index contributed by atoms with van der Waals surface area (Å²) in [5.41, 5.74) is 0.796. The number of hydrogen-bond acceptors (Lipinski definition) is 2. The van der Waals surface area contributed by atoms with Gasteiger partial charge in [-0.25, -0.2) is 0 Å². The van der Waals surface area contributed by atoms with Crippen LogP contribution in [0.15, 0.2) is 36.4 Å². The molecule has 0 aromatic heterocycles. The lowest BCUT2D eigenvalue weighted by Gasteiger charge is -2.04. The van der Waals surface area contributed by atoms with Crippen LogP contribution in [0.3, 0.4) is 0 Å². The molecule has 2 nitrogen and oxygen atoms in total. The van der Waals surface area contributed by atoms with Crippen LogP contribution in [0.2, 0.25) is 0 Å². The summed E-state index contributed by atoms with van der Waals surface area (Å²) in [5.74, 6) is 1.05. The highest BCUT2D eigenvalue weighted by Crippen LogP contribution is 2.22. The van der Waals surface area contributed by atoms with Gasteiger partial charge in [0.25, 0.3) is 0 Å². The van der Waals surface area contributed by atoms with E-state index in [1.165, 1.54) is 0 Å². The van der Waals surface area contributed by atoms with E-state index >= 15 is 0 Å². The number of rotatable bonds is 4. The monoisotopic (exact) mass is 228 g/mol. The Hall–Kier alpha value is -1.83. The fraction of sp³-hybridized carbons (Fsp3) is 0.267. The molecule has 0 bridgehead atoms. The van der Waals surface area contributed by atoms with Crippen molar-refractivity contribution in [2.45, 2.75) is 19.8 Å². The lowest BCUT2D eigenvalue weighted by molar-refractivity contribution is 0.0982. The average Bonchev–Trinajstić information content (AvgIpc) is 2.37. The standard InChI is InChI=1S/C15H16O2/c1-3-4-15(16)13-6-5-12-10-14(17-2)8-7-11(12)9-13/h5-10H,3-4H2,1-2H3. The number of methoxy groups -OCH3 is 1. The van der Waals surface area contributed by atoms with Crippen molar-refractivity contribution in [2.24, 2.45) is 0 Å². The van der Waals surface area contributed by atoms with Gasteiger partial charge >= 0.3 is 0 Å². The molecule has 0 atom stereocenters. The number of ketones is 1. The molecule has 0 aliphatic carbocycles. The summed E-state index contributed by atoms with van der Waals surface area (Å²) < 4.78 is 5.17. The Labute approximate surface area is 101 Å². The minimum absolute atomic E-state index is 0.213. The van der Waals surface area contributed by atoms with Crippen molar-refractivity contribution >= 4 is 16.6 Å². The van der Waals surface area contributed by atoms with E-state index in [2.05, 4.69) is 0 Å². The molecule has 17 heavy (non-hydrogen) atoms. The highest BCUT2D eigenvalue weighted by Gasteiger charge is 2.05. The number of Topliss-reactive ketones (excluding diaryl/α,β-unsaturated/α-hetero) is 1. The van der Waals surface area contributed by atoms with E-state index in [0.717, 1.165) is 28.5 Å². The molecule has 2 heteroatoms. The van der Waals surface area contributed by atoms with Crippen LogP contribution in [0.4, 0.5) is 0 Å². The third-order valence-electron chi connectivity index (χ3n) is 2.85. The predicted octanol–water partition coefficient (Wildman–Crippen LogP) is 3.83. The van der Waals surface area contributed by atoms with Crippen molar-refractivity contribution in [3.05, 3.63) is 42.0 Å². The van der Waals surface area contributed by atoms with Gasteiger partial charge in [-0.3, -0.25) is 4.79 Å². The average molecular weight is 228 g/mol. The second-order valence-corrected chi connectivity index (χ2v) is 4.10. The van der Waals surface area contributed by atoms with Crippen LogP contribution in [0.1, 0.15) is 30.1 Å². The van der Waals surface area contributed by atoms with E-state index in [1.54, 1.807) is 7.11 Å². The molecule has 2 aromatic rings. The summed E-state index contributed by atoms with van der Waals surface area (Å²) in [6.45, 7) is 2.02. The Balaban J connectivity index is 2.41. The Morgan fingerprint density at radius 1 is 1.12 bits per heavy atom. The van der Waals surface area contributed by atoms with Gasteiger partial charge in [0.2, 0.25) is 0 Å². The number of carbonyl (C=O) groups excluding carboxylic acids is 1. The molecule has 0 aliphatic rings. The van der Waals surface area contributed by atoms with E-state index < -0.39 is 0 Å². The lowest BCUT2D eigenvalue weighted by Crippen LogP contribution is -1.97. The number of benzene rings is 2. The zero-order valence-corrected chi connectivity index (χ0v) is 10.2. The summed E-state index contributed by atoms with van der Waals surface area (Å²) in [5, 5.41) is 2.17. The van der Waals surface area contributed by atoms with Gasteiger partial charge in [0, 0.05) is 12.0 Å². The Morgan fingerprint density at radius 3 is 2.53 bits per heavy atom. The van der Waals surface area contributed by atoms with Gasteiger partial charge in [-0.2, -0.15) is 0 Å². The molecule has 2 aromatic carbocycles. The molecular formula is C15H16O2. The third kappa shape index (κ3) is 2.47. The molecule has 0 unspecified atom stereocenters. The molecule has 2 rings (SSSR count). The van der Waals surface area contributed by atoms with Crippen LogP contribution >= 0.6 is 0 Å². The first-order valence-corrected chi connectivity index (χ1v) is 5.85. The van der Waals surface area contributed by atoms with Crippen molar-refractivity contribution in [1.82, 2.24) is 0 Å². The molecule has 0 heterocycles. The highest BCUT2D eigenvalue weighted by molar-refractivity contribution is 6.00. The van der Waals surface area contributed by atoms with Gasteiger partial charge in [0.1, 0.15) is 5.75 Å². The van der Waals surface area contributed by atoms with Crippen LogP contribution < -0.4 is 4.74 Å². The van der Waals surface area contributed by atoms with E-state index in [4.69, 9.17) is 4.74 Å². The van der Waals surface area contributed by atoms with Crippen LogP contribution in [-0.4, -0.2) is 12.9 Å². The largest absolute Gasteiger partial charge is 0.497 e. The van der Waals surface area contributed by atoms with Crippen LogP contribution in [0, 0.1) is 0 Å². The van der Waals surface area contributed by atoms with Crippen LogP contribution in [0.5, 0.6) is 5.75 Å². The van der Waals surface area contributed by atoms with E-state index in [1.807, 2.05) is 43.3 Å². The minimum Gasteiger partial charge on any atom is -0.497 e. The Kier molecular flexibility index (Phi) is 3.43. The maximum atomic E-state index is 11.8. The topological polar surface area (TPSA) is 26.3 Å². The quantitative estimate of drug-likeness (QED) is 0.743. The van der Waals surface area contributed by atoms with E-state index in [9.17, 15) is 4.79 Å². The molecular weight excluding hydrogens is 212 g/mol. The molecule has 0 aliphatic heterocycles. The second kappa shape index (κ2) is 5.00. The minimum atomic E-state index is 0.213. The first-order chi connectivity index (χ1) is 8.24. The summed E-state index contributed by atoms with van der Waals surface area (Å²) in [4.78, 5) is 11.8. The molecule has 0 saturated carbocycles. The van der Waals surface area contributed by atoms with Crippen molar-refractivity contribution in [3.63, 3.8) is 0 Å². The summed E-state index contributed by atoms with van der Waals surface area (Å²) >= 11 is 0. The third-order valence-corrected chi connectivity index (χ3v) is 2.85. The van der Waals surface area contributed by atoms with Crippen molar-refractivity contribution < 1.29 is 9.53 Å². The predicted molar refractivity (Wildman–Crippen MR) is 69.7 cm³/mol. The molecule has 88 valence electrons. The molecule has 0 radical (unpaired) electrons. The van der Waals surface area contributed by atoms with Gasteiger partial charge in [-0.15, -0.1) is 0 Å². The number of hydrogen-bond donors (Lipinski definition) is 0. The van der Waals surface area contributed by atoms with Crippen LogP contribution in [-0.2, 0) is 0 Å². The maximum absolute atomic E-state index is 11.8. The highest BCUT2D eigenvalue weighted by atomic mass is 16.5. The summed E-state index contributed by atoms with van der Waals surface area (Å²) in [6, 6.07) is 11.7. The molecule has 0 fully saturated rings. The fourth-order valence-corrected chi connectivity index (χ4v) is 1.90. The van der Waals surface area contributed by atoms with Crippen molar-refractivity contribution in [2.75, 3.05) is 7.11 Å². The maximum Gasteiger partial charge on any atom is 0.162 e. The van der Waals surface area contributed by atoms with Crippen molar-refractivity contribution in [3.8, 4) is 5.75 Å². The van der Waals surface area contributed by atoms with E-state index in [0.29, 0.717) is 6.42 Å². The van der Waals surface area contributed by atoms with Gasteiger partial charge in [-0.1, -0.05) is 25.1 Å². The molecule has 0 amide bonds. The SMILES string of the molecule is CCCC(=O)c1ccc2cc(OC)ccc2c1. The number of ether oxygens (including phenoxy) is 1. The first-order valence-electron chi connectivity index (χ1n) is 5.85. The number of fused-ring (bicyclic) bond motifs is 1. The van der Waals surface area contributed by atoms with Crippen molar-refractivity contribution in [1.29, 1.82) is 0 Å². The fourth-order valence-electron chi connectivity index (χ4n) is 1.90.